The number of nitrogens with zero attached hydrogens (tertiary/aromatic N) is 1. The zero-order valence-corrected chi connectivity index (χ0v) is 11.4. The maximum absolute atomic E-state index is 5.93. The summed E-state index contributed by atoms with van der Waals surface area (Å²) in [5, 5.41) is 4.52. The quantitative estimate of drug-likeness (QED) is 0.842. The number of pyridine rings is 1. The zero-order valence-electron chi connectivity index (χ0n) is 10.6. The average Bonchev–Trinajstić information content (AvgIpc) is 2.38. The van der Waals surface area contributed by atoms with Crippen LogP contribution < -0.4 is 5.32 Å². The standard InChI is InChI=1S/C14H17ClN2O/c1-10-7-14(17-11(8-15)9-18-2)12-5-3-4-6-13(12)16-10/h3-7,11H,8-9H2,1-2H3,(H,16,17). The van der Waals surface area contributed by atoms with Crippen molar-refractivity contribution >= 4 is 28.2 Å². The second kappa shape index (κ2) is 6.03. The highest BCUT2D eigenvalue weighted by atomic mass is 35.5. The third-order valence-electron chi connectivity index (χ3n) is 2.76. The van der Waals surface area contributed by atoms with Crippen LogP contribution in [0, 0.1) is 6.92 Å². The molecule has 0 radical (unpaired) electrons. The number of halogens is 1. The van der Waals surface area contributed by atoms with Gasteiger partial charge in [-0.3, -0.25) is 4.98 Å². The van der Waals surface area contributed by atoms with Crippen molar-refractivity contribution in [2.24, 2.45) is 0 Å². The normalized spacial score (nSPS) is 12.6. The summed E-state index contributed by atoms with van der Waals surface area (Å²) in [6, 6.07) is 10.2. The number of methoxy groups -OCH3 is 1. The van der Waals surface area contributed by atoms with Gasteiger partial charge in [0, 0.05) is 29.8 Å². The molecule has 0 amide bonds. The van der Waals surface area contributed by atoms with Crippen LogP contribution in [0.1, 0.15) is 5.69 Å². The number of hydrogen-bond acceptors (Lipinski definition) is 3. The molecule has 2 aromatic rings. The second-order valence-corrected chi connectivity index (χ2v) is 4.59. The van der Waals surface area contributed by atoms with Gasteiger partial charge in [-0.25, -0.2) is 0 Å². The molecule has 96 valence electrons. The minimum atomic E-state index is 0.0990. The van der Waals surface area contributed by atoms with Gasteiger partial charge in [0.1, 0.15) is 0 Å². The predicted molar refractivity (Wildman–Crippen MR) is 76.5 cm³/mol. The van der Waals surface area contributed by atoms with Crippen LogP contribution in [0.2, 0.25) is 0 Å². The van der Waals surface area contributed by atoms with Crippen molar-refractivity contribution in [2.75, 3.05) is 24.9 Å². The van der Waals surface area contributed by atoms with E-state index in [4.69, 9.17) is 16.3 Å². The minimum Gasteiger partial charge on any atom is -0.383 e. The fourth-order valence-electron chi connectivity index (χ4n) is 1.97. The van der Waals surface area contributed by atoms with E-state index in [2.05, 4.69) is 16.4 Å². The van der Waals surface area contributed by atoms with Gasteiger partial charge >= 0.3 is 0 Å². The Morgan fingerprint density at radius 3 is 2.89 bits per heavy atom. The van der Waals surface area contributed by atoms with Gasteiger partial charge in [-0.1, -0.05) is 18.2 Å². The molecule has 4 heteroatoms. The first-order chi connectivity index (χ1) is 8.74. The van der Waals surface area contributed by atoms with Crippen molar-refractivity contribution in [2.45, 2.75) is 13.0 Å². The molecule has 18 heavy (non-hydrogen) atoms. The van der Waals surface area contributed by atoms with Gasteiger partial charge in [0.2, 0.25) is 0 Å². The molecular formula is C14H17ClN2O. The molecule has 0 aliphatic heterocycles. The number of para-hydroxylation sites is 1. The minimum absolute atomic E-state index is 0.0990. The molecule has 2 rings (SSSR count). The first-order valence-electron chi connectivity index (χ1n) is 5.92. The van der Waals surface area contributed by atoms with E-state index < -0.39 is 0 Å². The van der Waals surface area contributed by atoms with Crippen LogP contribution in [-0.4, -0.2) is 30.6 Å². The van der Waals surface area contributed by atoms with Crippen molar-refractivity contribution in [1.29, 1.82) is 0 Å². The Morgan fingerprint density at radius 1 is 1.39 bits per heavy atom. The molecule has 0 bridgehead atoms. The van der Waals surface area contributed by atoms with Gasteiger partial charge in [0.05, 0.1) is 18.2 Å². The Bertz CT molecular complexity index is 530. The monoisotopic (exact) mass is 264 g/mol. The lowest BCUT2D eigenvalue weighted by Crippen LogP contribution is -2.26. The summed E-state index contributed by atoms with van der Waals surface area (Å²) in [5.74, 6) is 0.504. The van der Waals surface area contributed by atoms with Gasteiger partial charge < -0.3 is 10.1 Å². The fourth-order valence-corrected chi connectivity index (χ4v) is 2.14. The molecule has 1 unspecified atom stereocenters. The van der Waals surface area contributed by atoms with Crippen LogP contribution in [0.4, 0.5) is 5.69 Å². The van der Waals surface area contributed by atoms with Gasteiger partial charge in [-0.2, -0.15) is 0 Å². The van der Waals surface area contributed by atoms with E-state index in [-0.39, 0.29) is 6.04 Å². The molecule has 0 fully saturated rings. The molecule has 1 N–H and O–H groups in total. The topological polar surface area (TPSA) is 34.1 Å². The van der Waals surface area contributed by atoms with Crippen molar-refractivity contribution in [3.8, 4) is 0 Å². The van der Waals surface area contributed by atoms with E-state index in [1.807, 2.05) is 31.2 Å². The molecule has 1 heterocycles. The summed E-state index contributed by atoms with van der Waals surface area (Å²) in [5.41, 5.74) is 3.04. The number of alkyl halides is 1. The summed E-state index contributed by atoms with van der Waals surface area (Å²) in [7, 11) is 1.68. The second-order valence-electron chi connectivity index (χ2n) is 4.28. The summed E-state index contributed by atoms with van der Waals surface area (Å²) < 4.78 is 5.15. The van der Waals surface area contributed by atoms with Crippen LogP contribution >= 0.6 is 11.6 Å². The smallest absolute Gasteiger partial charge is 0.0725 e. The predicted octanol–water partition coefficient (Wildman–Crippen LogP) is 3.21. The first-order valence-corrected chi connectivity index (χ1v) is 6.46. The lowest BCUT2D eigenvalue weighted by atomic mass is 10.1. The summed E-state index contributed by atoms with van der Waals surface area (Å²) >= 11 is 5.93. The van der Waals surface area contributed by atoms with Crippen molar-refractivity contribution in [3.05, 3.63) is 36.0 Å². The van der Waals surface area contributed by atoms with Crippen molar-refractivity contribution < 1.29 is 4.74 Å². The maximum Gasteiger partial charge on any atom is 0.0725 e. The number of fused-ring (bicyclic) bond motifs is 1. The highest BCUT2D eigenvalue weighted by molar-refractivity contribution is 6.18. The Kier molecular flexibility index (Phi) is 4.39. The Balaban J connectivity index is 2.37. The van der Waals surface area contributed by atoms with Crippen molar-refractivity contribution in [1.82, 2.24) is 4.98 Å². The zero-order chi connectivity index (χ0) is 13.0. The summed E-state index contributed by atoms with van der Waals surface area (Å²) in [6.07, 6.45) is 0. The molecule has 0 saturated carbocycles. The Labute approximate surface area is 112 Å². The van der Waals surface area contributed by atoms with Crippen LogP contribution in [0.3, 0.4) is 0 Å². The van der Waals surface area contributed by atoms with E-state index in [0.717, 1.165) is 22.3 Å². The average molecular weight is 265 g/mol. The fraction of sp³-hybridized carbons (Fsp3) is 0.357. The van der Waals surface area contributed by atoms with E-state index >= 15 is 0 Å². The number of nitrogens with one attached hydrogen (secondary N) is 1. The lowest BCUT2D eigenvalue weighted by molar-refractivity contribution is 0.191. The number of hydrogen-bond donors (Lipinski definition) is 1. The van der Waals surface area contributed by atoms with E-state index in [0.29, 0.717) is 12.5 Å². The first kappa shape index (κ1) is 13.1. The van der Waals surface area contributed by atoms with E-state index in [1.165, 1.54) is 0 Å². The highest BCUT2D eigenvalue weighted by Crippen LogP contribution is 2.23. The number of aromatic nitrogens is 1. The number of rotatable bonds is 5. The highest BCUT2D eigenvalue weighted by Gasteiger charge is 2.10. The largest absolute Gasteiger partial charge is 0.383 e. The van der Waals surface area contributed by atoms with Crippen LogP contribution in [0.15, 0.2) is 30.3 Å². The van der Waals surface area contributed by atoms with Crippen LogP contribution in [0.5, 0.6) is 0 Å². The third-order valence-corrected chi connectivity index (χ3v) is 3.13. The summed E-state index contributed by atoms with van der Waals surface area (Å²) in [6.45, 7) is 2.57. The van der Waals surface area contributed by atoms with Gasteiger partial charge in [-0.05, 0) is 19.1 Å². The van der Waals surface area contributed by atoms with Gasteiger partial charge in [0.25, 0.3) is 0 Å². The molecule has 1 atom stereocenters. The molecule has 1 aromatic heterocycles. The molecule has 1 aromatic carbocycles. The number of aryl methyl sites for hydroxylation is 1. The molecule has 0 spiro atoms. The SMILES string of the molecule is COCC(CCl)Nc1cc(C)nc2ccccc12. The Hall–Kier alpha value is -1.32. The Morgan fingerprint density at radius 2 is 2.17 bits per heavy atom. The molecule has 0 saturated heterocycles. The maximum atomic E-state index is 5.93. The van der Waals surface area contributed by atoms with Crippen LogP contribution in [0.25, 0.3) is 10.9 Å². The van der Waals surface area contributed by atoms with E-state index in [9.17, 15) is 0 Å². The summed E-state index contributed by atoms with van der Waals surface area (Å²) in [4.78, 5) is 4.51. The van der Waals surface area contributed by atoms with Crippen LogP contribution in [-0.2, 0) is 4.74 Å². The van der Waals surface area contributed by atoms with Gasteiger partial charge in [0.15, 0.2) is 0 Å². The molecule has 0 aliphatic rings. The van der Waals surface area contributed by atoms with Crippen molar-refractivity contribution in [3.63, 3.8) is 0 Å². The van der Waals surface area contributed by atoms with Gasteiger partial charge in [-0.15, -0.1) is 11.6 Å². The molecular weight excluding hydrogens is 248 g/mol. The lowest BCUT2D eigenvalue weighted by Gasteiger charge is -2.18. The molecule has 0 aliphatic carbocycles. The number of anilines is 1. The van der Waals surface area contributed by atoms with E-state index in [1.54, 1.807) is 7.11 Å². The molecule has 3 nitrogen and oxygen atoms in total. The number of benzene rings is 1. The number of ether oxygens (including phenoxy) is 1. The third kappa shape index (κ3) is 2.92.